The van der Waals surface area contributed by atoms with Crippen LogP contribution in [-0.2, 0) is 11.3 Å². The molecule has 2 N–H and O–H groups in total. The summed E-state index contributed by atoms with van der Waals surface area (Å²) in [6.45, 7) is 2.88. The number of hydrogen-bond donors (Lipinski definition) is 2. The molecule has 2 aromatic carbocycles. The van der Waals surface area contributed by atoms with Gasteiger partial charge in [-0.05, 0) is 49.4 Å². The first-order valence-corrected chi connectivity index (χ1v) is 10.1. The molecule has 0 saturated heterocycles. The summed E-state index contributed by atoms with van der Waals surface area (Å²) in [7, 11) is 0. The minimum absolute atomic E-state index is 0.126. The lowest BCUT2D eigenvalue weighted by Crippen LogP contribution is -2.21. The third kappa shape index (κ3) is 6.12. The number of nitrogens with zero attached hydrogens (tertiary/aromatic N) is 2. The third-order valence-corrected chi connectivity index (χ3v) is 4.60. The van der Waals surface area contributed by atoms with E-state index in [9.17, 15) is 18.0 Å². The van der Waals surface area contributed by atoms with Gasteiger partial charge in [0.25, 0.3) is 5.91 Å². The number of carboxylic acids is 1. The van der Waals surface area contributed by atoms with Gasteiger partial charge in [-0.15, -0.1) is 0 Å². The molecule has 7 nitrogen and oxygen atoms in total. The number of para-hydroxylation sites is 1. The van der Waals surface area contributed by atoms with Gasteiger partial charge in [0.05, 0.1) is 11.8 Å². The number of pyridine rings is 1. The van der Waals surface area contributed by atoms with E-state index in [0.29, 0.717) is 22.7 Å². The molecule has 4 rings (SSSR count). The van der Waals surface area contributed by atoms with E-state index in [-0.39, 0.29) is 5.91 Å². The SMILES string of the molecule is CCn1cc(C(=O)Nc2ccc(Oc3cccnc3)cc2)c2ccccc21.O=C(O)C(F)(F)F. The van der Waals surface area contributed by atoms with Gasteiger partial charge in [0.1, 0.15) is 11.5 Å². The van der Waals surface area contributed by atoms with Crippen molar-refractivity contribution < 1.29 is 32.6 Å². The van der Waals surface area contributed by atoms with E-state index in [1.807, 2.05) is 66.9 Å². The fraction of sp³-hybridized carbons (Fsp3) is 0.125. The first kappa shape index (κ1) is 24.3. The Morgan fingerprint density at radius 2 is 1.71 bits per heavy atom. The number of aryl methyl sites for hydroxylation is 1. The second kappa shape index (κ2) is 10.5. The number of halogens is 3. The van der Waals surface area contributed by atoms with Crippen LogP contribution in [0, 0.1) is 0 Å². The topological polar surface area (TPSA) is 93.5 Å². The number of nitrogens with one attached hydrogen (secondary N) is 1. The highest BCUT2D eigenvalue weighted by molar-refractivity contribution is 6.13. The number of anilines is 1. The second-order valence-corrected chi connectivity index (χ2v) is 6.92. The van der Waals surface area contributed by atoms with Crippen molar-refractivity contribution in [3.05, 3.63) is 84.8 Å². The molecular weight excluding hydrogens is 451 g/mol. The first-order valence-electron chi connectivity index (χ1n) is 10.1. The van der Waals surface area contributed by atoms with Gasteiger partial charge in [-0.2, -0.15) is 13.2 Å². The number of alkyl halides is 3. The number of carbonyl (C=O) groups excluding carboxylic acids is 1. The molecule has 1 amide bonds. The zero-order chi connectivity index (χ0) is 24.7. The van der Waals surface area contributed by atoms with Crippen molar-refractivity contribution in [2.45, 2.75) is 19.6 Å². The maximum atomic E-state index is 12.8. The summed E-state index contributed by atoms with van der Waals surface area (Å²) < 4.78 is 39.5. The Balaban J connectivity index is 0.000000406. The minimum atomic E-state index is -5.08. The number of carboxylic acid groups (broad SMARTS) is 1. The number of benzene rings is 2. The lowest BCUT2D eigenvalue weighted by molar-refractivity contribution is -0.192. The molecule has 0 radical (unpaired) electrons. The van der Waals surface area contributed by atoms with Crippen LogP contribution in [0.2, 0.25) is 0 Å². The van der Waals surface area contributed by atoms with Crippen molar-refractivity contribution in [3.63, 3.8) is 0 Å². The van der Waals surface area contributed by atoms with E-state index < -0.39 is 12.1 Å². The van der Waals surface area contributed by atoms with Crippen LogP contribution in [0.5, 0.6) is 11.5 Å². The number of carbonyl (C=O) groups is 2. The molecule has 176 valence electrons. The van der Waals surface area contributed by atoms with E-state index in [1.54, 1.807) is 12.4 Å². The third-order valence-electron chi connectivity index (χ3n) is 4.60. The molecule has 2 heterocycles. The molecule has 2 aromatic heterocycles. The number of fused-ring (bicyclic) bond motifs is 1. The van der Waals surface area contributed by atoms with Crippen LogP contribution < -0.4 is 10.1 Å². The monoisotopic (exact) mass is 471 g/mol. The maximum Gasteiger partial charge on any atom is 0.490 e. The van der Waals surface area contributed by atoms with Gasteiger partial charge in [0.15, 0.2) is 0 Å². The highest BCUT2D eigenvalue weighted by Gasteiger charge is 2.38. The molecule has 0 bridgehead atoms. The summed E-state index contributed by atoms with van der Waals surface area (Å²) in [6, 6.07) is 18.9. The van der Waals surface area contributed by atoms with Crippen LogP contribution in [0.25, 0.3) is 10.9 Å². The molecule has 0 aliphatic heterocycles. The first-order chi connectivity index (χ1) is 16.2. The molecule has 10 heteroatoms. The van der Waals surface area contributed by atoms with Crippen molar-refractivity contribution in [3.8, 4) is 11.5 Å². The number of ether oxygens (including phenoxy) is 1. The van der Waals surface area contributed by atoms with E-state index in [1.165, 1.54) is 0 Å². The predicted octanol–water partition coefficient (Wildman–Crippen LogP) is 5.73. The van der Waals surface area contributed by atoms with E-state index in [4.69, 9.17) is 14.6 Å². The Labute approximate surface area is 192 Å². The van der Waals surface area contributed by atoms with Gasteiger partial charge in [-0.3, -0.25) is 9.78 Å². The fourth-order valence-electron chi connectivity index (χ4n) is 3.04. The van der Waals surface area contributed by atoms with Crippen molar-refractivity contribution >= 4 is 28.5 Å². The highest BCUT2D eigenvalue weighted by Crippen LogP contribution is 2.25. The summed E-state index contributed by atoms with van der Waals surface area (Å²) in [4.78, 5) is 25.7. The van der Waals surface area contributed by atoms with Gasteiger partial charge < -0.3 is 19.7 Å². The van der Waals surface area contributed by atoms with Gasteiger partial charge in [-0.25, -0.2) is 4.79 Å². The van der Waals surface area contributed by atoms with Crippen LogP contribution in [0.3, 0.4) is 0 Å². The average molecular weight is 471 g/mol. The number of aromatic nitrogens is 2. The molecule has 0 aliphatic carbocycles. The molecular formula is C24H20F3N3O4. The summed E-state index contributed by atoms with van der Waals surface area (Å²) >= 11 is 0. The van der Waals surface area contributed by atoms with E-state index in [2.05, 4.69) is 21.8 Å². The van der Waals surface area contributed by atoms with Crippen molar-refractivity contribution in [2.75, 3.05) is 5.32 Å². The molecule has 0 saturated carbocycles. The Bertz CT molecular complexity index is 1270. The Morgan fingerprint density at radius 1 is 1.03 bits per heavy atom. The molecule has 4 aromatic rings. The van der Waals surface area contributed by atoms with Gasteiger partial charge in [0.2, 0.25) is 0 Å². The van der Waals surface area contributed by atoms with Crippen LogP contribution in [0.4, 0.5) is 18.9 Å². The lowest BCUT2D eigenvalue weighted by Gasteiger charge is -2.07. The summed E-state index contributed by atoms with van der Waals surface area (Å²) in [6.07, 6.45) is 0.167. The fourth-order valence-corrected chi connectivity index (χ4v) is 3.04. The van der Waals surface area contributed by atoms with Crippen LogP contribution >= 0.6 is 0 Å². The average Bonchev–Trinajstić information content (AvgIpc) is 3.20. The smallest absolute Gasteiger partial charge is 0.475 e. The summed E-state index contributed by atoms with van der Waals surface area (Å²) in [5.41, 5.74) is 2.44. The summed E-state index contributed by atoms with van der Waals surface area (Å²) in [5.74, 6) is -1.53. The number of amides is 1. The van der Waals surface area contributed by atoms with Crippen LogP contribution in [0.15, 0.2) is 79.3 Å². The number of rotatable bonds is 5. The van der Waals surface area contributed by atoms with Crippen molar-refractivity contribution in [1.82, 2.24) is 9.55 Å². The number of hydrogen-bond acceptors (Lipinski definition) is 4. The predicted molar refractivity (Wildman–Crippen MR) is 120 cm³/mol. The van der Waals surface area contributed by atoms with Gasteiger partial charge in [0, 0.05) is 35.5 Å². The molecule has 0 aliphatic rings. The molecule has 34 heavy (non-hydrogen) atoms. The molecule has 0 atom stereocenters. The Kier molecular flexibility index (Phi) is 7.52. The van der Waals surface area contributed by atoms with Gasteiger partial charge in [-0.1, -0.05) is 18.2 Å². The highest BCUT2D eigenvalue weighted by atomic mass is 19.4. The summed E-state index contributed by atoms with van der Waals surface area (Å²) in [5, 5.41) is 11.0. The molecule has 0 fully saturated rings. The van der Waals surface area contributed by atoms with Crippen LogP contribution in [0.1, 0.15) is 17.3 Å². The maximum absolute atomic E-state index is 12.8. The number of aliphatic carboxylic acids is 1. The van der Waals surface area contributed by atoms with Gasteiger partial charge >= 0.3 is 12.1 Å². The lowest BCUT2D eigenvalue weighted by atomic mass is 10.1. The quantitative estimate of drug-likeness (QED) is 0.388. The zero-order valence-corrected chi connectivity index (χ0v) is 17.9. The van der Waals surface area contributed by atoms with Crippen molar-refractivity contribution in [2.24, 2.45) is 0 Å². The normalized spacial score (nSPS) is 10.8. The largest absolute Gasteiger partial charge is 0.490 e. The standard InChI is InChI=1S/C22H19N3O2.C2HF3O2/c1-2-25-15-20(19-7-3-4-8-21(19)25)22(26)24-16-9-11-17(12-10-16)27-18-6-5-13-23-14-18;3-2(4,5)1(6)7/h3-15H,2H2,1H3,(H,24,26);(H,6,7). The Morgan fingerprint density at radius 3 is 2.29 bits per heavy atom. The Hall–Kier alpha value is -4.34. The zero-order valence-electron chi connectivity index (χ0n) is 17.9. The van der Waals surface area contributed by atoms with Crippen molar-refractivity contribution in [1.29, 1.82) is 0 Å². The van der Waals surface area contributed by atoms with E-state index in [0.717, 1.165) is 17.4 Å². The second-order valence-electron chi connectivity index (χ2n) is 6.92. The van der Waals surface area contributed by atoms with E-state index >= 15 is 0 Å². The molecule has 0 spiro atoms. The minimum Gasteiger partial charge on any atom is -0.475 e. The van der Waals surface area contributed by atoms with Crippen LogP contribution in [-0.4, -0.2) is 32.7 Å². The molecule has 0 unspecified atom stereocenters.